The van der Waals surface area contributed by atoms with Gasteiger partial charge in [-0.05, 0) is 48.0 Å². The van der Waals surface area contributed by atoms with Gasteiger partial charge in [-0.25, -0.2) is 4.39 Å². The smallest absolute Gasteiger partial charge is 0.130 e. The molecule has 5 rings (SSSR count). The number of hydrogen-bond donors (Lipinski definition) is 0. The van der Waals surface area contributed by atoms with Gasteiger partial charge in [0.05, 0.1) is 5.69 Å². The van der Waals surface area contributed by atoms with E-state index < -0.39 is 8.07 Å². The van der Waals surface area contributed by atoms with E-state index in [1.807, 2.05) is 48.7 Å². The highest BCUT2D eigenvalue weighted by molar-refractivity contribution is 7.00. The molecule has 0 unspecified atom stereocenters. The van der Waals surface area contributed by atoms with E-state index in [1.165, 1.54) is 16.3 Å². The van der Waals surface area contributed by atoms with Gasteiger partial charge in [0, 0.05) is 22.5 Å². The van der Waals surface area contributed by atoms with E-state index in [1.54, 1.807) is 0 Å². The maximum Gasteiger partial charge on any atom is 0.130 e. The summed E-state index contributed by atoms with van der Waals surface area (Å²) in [6.07, 6.45) is 1.84. The lowest BCUT2D eigenvalue weighted by atomic mass is 9.97. The predicted molar refractivity (Wildman–Crippen MR) is 137 cm³/mol. The quantitative estimate of drug-likeness (QED) is 0.229. The van der Waals surface area contributed by atoms with Crippen molar-refractivity contribution in [2.75, 3.05) is 0 Å². The second-order valence-electron chi connectivity index (χ2n) is 9.21. The van der Waals surface area contributed by atoms with Crippen LogP contribution in [-0.2, 0) is 0 Å². The molecule has 158 valence electrons. The second-order valence-corrected chi connectivity index (χ2v) is 13.6. The molecule has 1 heterocycles. The molecule has 0 aliphatic rings. The van der Waals surface area contributed by atoms with Crippen LogP contribution in [0.4, 0.5) is 4.39 Å². The summed E-state index contributed by atoms with van der Waals surface area (Å²) >= 11 is 0. The van der Waals surface area contributed by atoms with Crippen molar-refractivity contribution in [2.45, 2.75) is 26.9 Å². The maximum absolute atomic E-state index is 15.9. The summed E-state index contributed by atoms with van der Waals surface area (Å²) in [6, 6.07) is 26.9. The van der Waals surface area contributed by atoms with Gasteiger partial charge in [-0.15, -0.1) is 0 Å². The van der Waals surface area contributed by atoms with E-state index in [0.29, 0.717) is 5.39 Å². The van der Waals surface area contributed by atoms with Gasteiger partial charge in [0.15, 0.2) is 0 Å². The molecule has 0 saturated heterocycles. The lowest BCUT2D eigenvalue weighted by Crippen LogP contribution is -2.54. The summed E-state index contributed by atoms with van der Waals surface area (Å²) in [5.41, 5.74) is 4.47. The first-order chi connectivity index (χ1) is 15.4. The Morgan fingerprint density at radius 2 is 1.31 bits per heavy atom. The second kappa shape index (κ2) is 7.68. The summed E-state index contributed by atoms with van der Waals surface area (Å²) in [4.78, 5) is 4.70. The number of nitrogens with zero attached hydrogens (tertiary/aromatic N) is 1. The highest BCUT2D eigenvalue weighted by Crippen LogP contribution is 2.33. The number of benzene rings is 4. The third-order valence-corrected chi connectivity index (χ3v) is 10.1. The Labute approximate surface area is 189 Å². The average Bonchev–Trinajstić information content (AvgIpc) is 2.78. The summed E-state index contributed by atoms with van der Waals surface area (Å²) in [5, 5.41) is 5.80. The molecule has 0 amide bonds. The minimum absolute atomic E-state index is 0.0883. The molecule has 1 aromatic heterocycles. The largest absolute Gasteiger partial charge is 0.256 e. The molecule has 0 spiro atoms. The fourth-order valence-corrected chi connectivity index (χ4v) is 7.39. The van der Waals surface area contributed by atoms with E-state index in [-0.39, 0.29) is 5.82 Å². The molecule has 0 aliphatic heterocycles. The average molecular weight is 436 g/mol. The first kappa shape index (κ1) is 20.6. The van der Waals surface area contributed by atoms with Crippen LogP contribution in [0, 0.1) is 19.7 Å². The number of hydrogen-bond acceptors (Lipinski definition) is 1. The van der Waals surface area contributed by atoms with Gasteiger partial charge >= 0.3 is 0 Å². The number of fused-ring (bicyclic) bond motifs is 3. The van der Waals surface area contributed by atoms with Crippen molar-refractivity contribution in [2.24, 2.45) is 0 Å². The maximum atomic E-state index is 15.9. The van der Waals surface area contributed by atoms with Crippen molar-refractivity contribution in [1.82, 2.24) is 4.98 Å². The van der Waals surface area contributed by atoms with Crippen LogP contribution in [0.2, 0.25) is 13.1 Å². The first-order valence-corrected chi connectivity index (χ1v) is 14.0. The fraction of sp³-hybridized carbons (Fsp3) is 0.138. The Kier molecular flexibility index (Phi) is 4.94. The Hall–Kier alpha value is -3.30. The van der Waals surface area contributed by atoms with Crippen LogP contribution in [0.5, 0.6) is 0 Å². The zero-order valence-electron chi connectivity index (χ0n) is 18.9. The van der Waals surface area contributed by atoms with Crippen molar-refractivity contribution in [3.05, 3.63) is 102 Å². The fourth-order valence-electron chi connectivity index (χ4n) is 4.87. The van der Waals surface area contributed by atoms with Crippen LogP contribution < -0.4 is 10.4 Å². The lowest BCUT2D eigenvalue weighted by Gasteiger charge is -2.25. The molecule has 0 N–H and O–H groups in total. The molecule has 32 heavy (non-hydrogen) atoms. The Morgan fingerprint density at radius 1 is 0.688 bits per heavy atom. The van der Waals surface area contributed by atoms with E-state index in [4.69, 9.17) is 4.98 Å². The third kappa shape index (κ3) is 3.34. The molecule has 4 aromatic carbocycles. The van der Waals surface area contributed by atoms with Gasteiger partial charge < -0.3 is 0 Å². The highest BCUT2D eigenvalue weighted by atomic mass is 28.3. The molecule has 0 fully saturated rings. The monoisotopic (exact) mass is 435 g/mol. The molecule has 1 nitrogen and oxygen atoms in total. The predicted octanol–water partition coefficient (Wildman–Crippen LogP) is 6.63. The van der Waals surface area contributed by atoms with Crippen molar-refractivity contribution in [1.29, 1.82) is 0 Å². The first-order valence-electron chi connectivity index (χ1n) is 11.0. The molecule has 5 aromatic rings. The molecular weight excluding hydrogens is 409 g/mol. The summed E-state index contributed by atoms with van der Waals surface area (Å²) in [5.74, 6) is -0.0883. The molecule has 0 saturated carbocycles. The normalized spacial score (nSPS) is 11.9. The summed E-state index contributed by atoms with van der Waals surface area (Å²) in [7, 11) is -2.15. The van der Waals surface area contributed by atoms with E-state index in [2.05, 4.69) is 63.3 Å². The Morgan fingerprint density at radius 3 is 2.03 bits per heavy atom. The molecule has 3 heteroatoms. The van der Waals surface area contributed by atoms with Crippen molar-refractivity contribution < 1.29 is 4.39 Å². The van der Waals surface area contributed by atoms with Gasteiger partial charge in [-0.3, -0.25) is 4.98 Å². The van der Waals surface area contributed by atoms with Crippen molar-refractivity contribution >= 4 is 40.0 Å². The number of pyridine rings is 1. The van der Waals surface area contributed by atoms with Crippen molar-refractivity contribution in [3.8, 4) is 11.3 Å². The van der Waals surface area contributed by atoms with Crippen molar-refractivity contribution in [3.63, 3.8) is 0 Å². The molecule has 0 radical (unpaired) electrons. The zero-order chi connectivity index (χ0) is 22.5. The van der Waals surface area contributed by atoms with E-state index in [0.717, 1.165) is 32.6 Å². The van der Waals surface area contributed by atoms with Gasteiger partial charge in [-0.2, -0.15) is 0 Å². The van der Waals surface area contributed by atoms with Crippen LogP contribution in [0.15, 0.2) is 85.1 Å². The highest BCUT2D eigenvalue weighted by Gasteiger charge is 2.29. The van der Waals surface area contributed by atoms with Crippen LogP contribution in [-0.4, -0.2) is 13.1 Å². The number of aromatic nitrogens is 1. The van der Waals surface area contributed by atoms with Crippen LogP contribution in [0.25, 0.3) is 32.8 Å². The summed E-state index contributed by atoms with van der Waals surface area (Å²) < 4.78 is 15.9. The topological polar surface area (TPSA) is 12.9 Å². The SMILES string of the molecule is Cc1cc(C)cc(-c2nccc3c2ccc2c(F)c([Si](C)(C)c4ccccc4)ccc23)c1. The van der Waals surface area contributed by atoms with E-state index in [9.17, 15) is 0 Å². The van der Waals surface area contributed by atoms with Gasteiger partial charge in [0.1, 0.15) is 13.9 Å². The van der Waals surface area contributed by atoms with Gasteiger partial charge in [-0.1, -0.05) is 90.1 Å². The Balaban J connectivity index is 1.73. The molecule has 0 aliphatic carbocycles. The molecular formula is C29H26FNSi. The number of halogens is 1. The van der Waals surface area contributed by atoms with E-state index >= 15 is 4.39 Å². The van der Waals surface area contributed by atoms with Crippen LogP contribution >= 0.6 is 0 Å². The minimum Gasteiger partial charge on any atom is -0.256 e. The Bertz CT molecular complexity index is 1450. The van der Waals surface area contributed by atoms with Gasteiger partial charge in [0.2, 0.25) is 0 Å². The van der Waals surface area contributed by atoms with Gasteiger partial charge in [0.25, 0.3) is 0 Å². The molecule has 0 bridgehead atoms. The zero-order valence-corrected chi connectivity index (χ0v) is 19.9. The lowest BCUT2D eigenvalue weighted by molar-refractivity contribution is 0.647. The standard InChI is InChI=1S/C29H26FNSi/c1-19-16-20(2)18-21(17-19)29-26-11-10-25-23(24(26)14-15-31-29)12-13-27(28(25)30)32(3,4)22-8-6-5-7-9-22/h5-18H,1-4H3. The summed E-state index contributed by atoms with van der Waals surface area (Å²) in [6.45, 7) is 8.64. The number of rotatable bonds is 3. The molecule has 0 atom stereocenters. The third-order valence-electron chi connectivity index (χ3n) is 6.54. The number of aryl methyl sites for hydroxylation is 2. The van der Waals surface area contributed by atoms with Crippen LogP contribution in [0.1, 0.15) is 11.1 Å². The minimum atomic E-state index is -2.15. The van der Waals surface area contributed by atoms with Crippen LogP contribution in [0.3, 0.4) is 0 Å².